The first-order chi connectivity index (χ1) is 23.9. The molecule has 15 nitrogen and oxygen atoms in total. The summed E-state index contributed by atoms with van der Waals surface area (Å²) in [7, 11) is 0. The molecular formula is C32H43F3N6O9S. The van der Waals surface area contributed by atoms with Gasteiger partial charge in [-0.2, -0.15) is 24.9 Å². The second-order valence-corrected chi connectivity index (χ2v) is 12.9. The minimum atomic E-state index is -4.88. The number of alkyl halides is 3. The lowest BCUT2D eigenvalue weighted by atomic mass is 10.0. The van der Waals surface area contributed by atoms with Crippen LogP contribution in [-0.2, 0) is 34.9 Å². The number of hydrogen-bond acceptors (Lipinski definition) is 10. The fraction of sp³-hybridized carbons (Fsp3) is 0.531. The topological polar surface area (TPSA) is 239 Å². The van der Waals surface area contributed by atoms with Gasteiger partial charge in [0, 0.05) is 30.1 Å². The number of nitrogens with two attached hydrogens (primary N) is 1. The van der Waals surface area contributed by atoms with Crippen LogP contribution in [0.25, 0.3) is 11.0 Å². The Morgan fingerprint density at radius 1 is 0.882 bits per heavy atom. The van der Waals surface area contributed by atoms with Crippen LogP contribution >= 0.6 is 11.8 Å². The second kappa shape index (κ2) is 19.7. The van der Waals surface area contributed by atoms with Gasteiger partial charge in [0.2, 0.25) is 29.5 Å². The summed E-state index contributed by atoms with van der Waals surface area (Å²) in [6, 6.07) is -1.86. The van der Waals surface area contributed by atoms with Crippen LogP contribution in [0, 0.1) is 5.92 Å². The fourth-order valence-electron chi connectivity index (χ4n) is 4.91. The molecule has 4 atom stereocenters. The highest BCUT2D eigenvalue weighted by molar-refractivity contribution is 7.98. The van der Waals surface area contributed by atoms with Gasteiger partial charge in [-0.05, 0) is 62.3 Å². The molecule has 0 radical (unpaired) electrons. The van der Waals surface area contributed by atoms with Crippen LogP contribution in [0.5, 0.6) is 0 Å². The van der Waals surface area contributed by atoms with Crippen LogP contribution < -0.4 is 37.9 Å². The molecule has 2 aromatic rings. The van der Waals surface area contributed by atoms with Crippen LogP contribution in [0.3, 0.4) is 0 Å². The number of carbonyl (C=O) groups excluding carboxylic acids is 5. The molecule has 0 aliphatic rings. The second-order valence-electron chi connectivity index (χ2n) is 11.9. The van der Waals surface area contributed by atoms with E-state index in [1.54, 1.807) is 20.1 Å². The zero-order valence-electron chi connectivity index (χ0n) is 28.5. The molecule has 0 aliphatic carbocycles. The molecule has 0 spiro atoms. The monoisotopic (exact) mass is 744 g/mol. The lowest BCUT2D eigenvalue weighted by Crippen LogP contribution is -2.58. The maximum absolute atomic E-state index is 13.5. The maximum atomic E-state index is 13.5. The molecule has 19 heteroatoms. The molecule has 2 rings (SSSR count). The third-order valence-corrected chi connectivity index (χ3v) is 8.10. The van der Waals surface area contributed by atoms with E-state index in [2.05, 4.69) is 26.6 Å². The van der Waals surface area contributed by atoms with Crippen LogP contribution in [0.4, 0.5) is 18.9 Å². The Hall–Kier alpha value is -4.65. The standard InChI is InChI=1S/C32H43F3N6O9S/c1-16(2)27(37-17(3)42)31(49)40-21(7-5-6-11-36)28(46)39-22(10-12-51-4)29(47)41-23(15-25(43)44)30(48)38-18-8-9-19-20(32(33,34)35)14-26(45)50-24(19)13-18/h8-9,13-14,16,21-23,27H,5-7,10-12,15,36H2,1-4H3,(H,37,42)(H,38,48)(H,39,46)(H,40,49)(H,41,47)(H,43,44)/t21-,22-,23-,27-/m0/s1. The van der Waals surface area contributed by atoms with Crippen molar-refractivity contribution in [1.29, 1.82) is 0 Å². The number of benzene rings is 1. The number of carboxylic acids is 1. The van der Waals surface area contributed by atoms with E-state index in [0.29, 0.717) is 25.1 Å². The molecule has 1 heterocycles. The normalized spacial score (nSPS) is 13.8. The third kappa shape index (κ3) is 13.5. The van der Waals surface area contributed by atoms with Gasteiger partial charge in [-0.3, -0.25) is 28.8 Å². The highest BCUT2D eigenvalue weighted by atomic mass is 32.2. The van der Waals surface area contributed by atoms with Crippen LogP contribution in [0.15, 0.2) is 33.5 Å². The average Bonchev–Trinajstić information content (AvgIpc) is 3.03. The summed E-state index contributed by atoms with van der Waals surface area (Å²) in [5, 5.41) is 21.4. The number of rotatable bonds is 19. The molecular weight excluding hydrogens is 701 g/mol. The first-order valence-corrected chi connectivity index (χ1v) is 17.3. The minimum absolute atomic E-state index is 0.0371. The largest absolute Gasteiger partial charge is 0.481 e. The first kappa shape index (κ1) is 42.5. The Morgan fingerprint density at radius 2 is 1.49 bits per heavy atom. The SMILES string of the molecule is CSCC[C@H](NC(=O)[C@H](CCCCN)NC(=O)[C@@H](NC(C)=O)C(C)C)C(=O)N[C@@H](CC(=O)O)C(=O)Nc1ccc2c(C(F)(F)F)cc(=O)oc2c1. The summed E-state index contributed by atoms with van der Waals surface area (Å²) in [4.78, 5) is 88.4. The van der Waals surface area contributed by atoms with E-state index in [0.717, 1.165) is 18.2 Å². The van der Waals surface area contributed by atoms with Gasteiger partial charge < -0.3 is 41.8 Å². The molecule has 5 amide bonds. The van der Waals surface area contributed by atoms with Crippen molar-refractivity contribution in [1.82, 2.24) is 21.3 Å². The molecule has 0 saturated heterocycles. The maximum Gasteiger partial charge on any atom is 0.417 e. The molecule has 0 saturated carbocycles. The number of amides is 5. The molecule has 51 heavy (non-hydrogen) atoms. The van der Waals surface area contributed by atoms with Gasteiger partial charge in [0.05, 0.1) is 12.0 Å². The quantitative estimate of drug-likeness (QED) is 0.0808. The molecule has 8 N–H and O–H groups in total. The number of carbonyl (C=O) groups is 6. The van der Waals surface area contributed by atoms with Crippen molar-refractivity contribution in [2.75, 3.05) is 23.9 Å². The van der Waals surface area contributed by atoms with Gasteiger partial charge in [-0.25, -0.2) is 4.79 Å². The van der Waals surface area contributed by atoms with Gasteiger partial charge in [0.15, 0.2) is 0 Å². The number of unbranched alkanes of at least 4 members (excludes halogenated alkanes) is 1. The van der Waals surface area contributed by atoms with Crippen molar-refractivity contribution in [2.24, 2.45) is 11.7 Å². The number of aliphatic carboxylic acids is 1. The van der Waals surface area contributed by atoms with E-state index in [1.807, 2.05) is 0 Å². The van der Waals surface area contributed by atoms with Crippen molar-refractivity contribution < 1.29 is 51.5 Å². The molecule has 0 unspecified atom stereocenters. The van der Waals surface area contributed by atoms with E-state index in [-0.39, 0.29) is 30.5 Å². The Morgan fingerprint density at radius 3 is 2.04 bits per heavy atom. The fourth-order valence-corrected chi connectivity index (χ4v) is 5.39. The van der Waals surface area contributed by atoms with Crippen LogP contribution in [-0.4, -0.2) is 83.3 Å². The number of anilines is 1. The predicted molar refractivity (Wildman–Crippen MR) is 183 cm³/mol. The van der Waals surface area contributed by atoms with Crippen molar-refractivity contribution in [3.05, 3.63) is 40.2 Å². The van der Waals surface area contributed by atoms with Crippen molar-refractivity contribution >= 4 is 63.9 Å². The van der Waals surface area contributed by atoms with Crippen LogP contribution in [0.2, 0.25) is 0 Å². The van der Waals surface area contributed by atoms with E-state index < -0.39 is 94.4 Å². The average molecular weight is 745 g/mol. The van der Waals surface area contributed by atoms with Crippen molar-refractivity contribution in [3.63, 3.8) is 0 Å². The lowest BCUT2D eigenvalue weighted by molar-refractivity contribution is -0.140. The lowest BCUT2D eigenvalue weighted by Gasteiger charge is -2.27. The number of nitrogens with one attached hydrogen (secondary N) is 5. The number of fused-ring (bicyclic) bond motifs is 1. The number of thioether (sulfide) groups is 1. The van der Waals surface area contributed by atoms with E-state index >= 15 is 0 Å². The summed E-state index contributed by atoms with van der Waals surface area (Å²) in [5.41, 5.74) is 2.38. The highest BCUT2D eigenvalue weighted by Crippen LogP contribution is 2.34. The number of halogens is 3. The highest BCUT2D eigenvalue weighted by Gasteiger charge is 2.35. The predicted octanol–water partition coefficient (Wildman–Crippen LogP) is 1.72. The molecule has 0 aliphatic heterocycles. The molecule has 0 bridgehead atoms. The number of hydrogen-bond donors (Lipinski definition) is 7. The molecule has 282 valence electrons. The Balaban J connectivity index is 2.31. The number of carboxylic acid groups (broad SMARTS) is 1. The first-order valence-electron chi connectivity index (χ1n) is 15.9. The van der Waals surface area contributed by atoms with Crippen LogP contribution in [0.1, 0.15) is 58.4 Å². The molecule has 1 aromatic carbocycles. The Bertz CT molecular complexity index is 1640. The van der Waals surface area contributed by atoms with E-state index in [9.17, 15) is 51.8 Å². The third-order valence-electron chi connectivity index (χ3n) is 7.46. The van der Waals surface area contributed by atoms with Gasteiger partial charge in [-0.15, -0.1) is 0 Å². The summed E-state index contributed by atoms with van der Waals surface area (Å²) in [6.45, 7) is 4.97. The zero-order valence-corrected chi connectivity index (χ0v) is 29.3. The van der Waals surface area contributed by atoms with Gasteiger partial charge in [0.1, 0.15) is 29.8 Å². The molecule has 1 aromatic heterocycles. The van der Waals surface area contributed by atoms with Crippen molar-refractivity contribution in [3.8, 4) is 0 Å². The summed E-state index contributed by atoms with van der Waals surface area (Å²) in [5.74, 6) is -5.29. The zero-order chi connectivity index (χ0) is 38.5. The van der Waals surface area contributed by atoms with E-state index in [1.165, 1.54) is 18.7 Å². The van der Waals surface area contributed by atoms with Gasteiger partial charge in [0.25, 0.3) is 0 Å². The smallest absolute Gasteiger partial charge is 0.417 e. The van der Waals surface area contributed by atoms with Gasteiger partial charge >= 0.3 is 17.8 Å². The Labute approximate surface area is 295 Å². The summed E-state index contributed by atoms with van der Waals surface area (Å²) >= 11 is 1.33. The van der Waals surface area contributed by atoms with Gasteiger partial charge in [-0.1, -0.05) is 13.8 Å². The van der Waals surface area contributed by atoms with E-state index in [4.69, 9.17) is 10.2 Å². The summed E-state index contributed by atoms with van der Waals surface area (Å²) in [6.07, 6.45) is -2.93. The summed E-state index contributed by atoms with van der Waals surface area (Å²) < 4.78 is 45.2. The minimum Gasteiger partial charge on any atom is -0.481 e. The molecule has 0 fully saturated rings. The van der Waals surface area contributed by atoms with Crippen molar-refractivity contribution in [2.45, 2.75) is 83.2 Å². The Kier molecular flexibility index (Phi) is 16.4.